The number of aliphatic hydroxyl groups excluding tert-OH is 2. The zero-order valence-corrected chi connectivity index (χ0v) is 11.2. The number of nitrogens with zero attached hydrogens (tertiary/aromatic N) is 2. The monoisotopic (exact) mass is 272 g/mol. The molecule has 1 aliphatic rings. The van der Waals surface area contributed by atoms with Crippen LogP contribution in [-0.2, 0) is 4.74 Å². The third kappa shape index (κ3) is 2.08. The number of pyridine rings is 1. The Balaban J connectivity index is 2.05. The Morgan fingerprint density at radius 1 is 1.55 bits per heavy atom. The molecule has 1 saturated heterocycles. The quantitative estimate of drug-likeness (QED) is 0.802. The van der Waals surface area contributed by atoms with E-state index < -0.39 is 12.2 Å². The number of aliphatic hydroxyl groups is 2. The summed E-state index contributed by atoms with van der Waals surface area (Å²) >= 11 is 0. The fourth-order valence-electron chi connectivity index (χ4n) is 2.59. The summed E-state index contributed by atoms with van der Waals surface area (Å²) in [4.78, 5) is 4.38. The van der Waals surface area contributed by atoms with Crippen molar-refractivity contribution < 1.29 is 14.9 Å². The summed E-state index contributed by atoms with van der Waals surface area (Å²) in [6.45, 7) is 1.60. The van der Waals surface area contributed by atoms with Gasteiger partial charge in [-0.3, -0.25) is 0 Å². The molecule has 1 fully saturated rings. The highest BCUT2D eigenvalue weighted by molar-refractivity contribution is 5.83. The van der Waals surface area contributed by atoms with E-state index in [1.807, 2.05) is 22.9 Å². The summed E-state index contributed by atoms with van der Waals surface area (Å²) in [5.74, 6) is 5.94. The van der Waals surface area contributed by atoms with Crippen molar-refractivity contribution in [1.29, 1.82) is 0 Å². The maximum absolute atomic E-state index is 9.86. The molecule has 2 aromatic heterocycles. The van der Waals surface area contributed by atoms with Gasteiger partial charge in [0.1, 0.15) is 18.0 Å². The van der Waals surface area contributed by atoms with Gasteiger partial charge in [-0.1, -0.05) is 5.92 Å². The van der Waals surface area contributed by atoms with Gasteiger partial charge in [0, 0.05) is 24.2 Å². The molecule has 0 aliphatic carbocycles. The molecule has 0 bridgehead atoms. The number of ether oxygens (including phenoxy) is 1. The van der Waals surface area contributed by atoms with Gasteiger partial charge in [0.2, 0.25) is 0 Å². The Kier molecular flexibility index (Phi) is 3.45. The number of rotatable bonds is 2. The van der Waals surface area contributed by atoms with E-state index in [0.717, 1.165) is 16.6 Å². The molecule has 0 spiro atoms. The molecule has 3 rings (SSSR count). The van der Waals surface area contributed by atoms with Crippen LogP contribution in [0.5, 0.6) is 0 Å². The highest BCUT2D eigenvalue weighted by Crippen LogP contribution is 2.32. The van der Waals surface area contributed by atoms with E-state index in [-0.39, 0.29) is 12.8 Å². The molecule has 0 amide bonds. The normalized spacial score (nSPS) is 25.6. The summed E-state index contributed by atoms with van der Waals surface area (Å²) in [6, 6.07) is 3.84. The van der Waals surface area contributed by atoms with E-state index in [1.165, 1.54) is 0 Å². The van der Waals surface area contributed by atoms with Gasteiger partial charge in [0.05, 0.1) is 18.3 Å². The SMILES string of the molecule is CC#Cc1cn([C@H]2C[C@H](O)[C@@H](CO)O2)c2ncccc12. The maximum Gasteiger partial charge on any atom is 0.143 e. The number of hydrogen-bond donors (Lipinski definition) is 2. The first-order valence-electron chi connectivity index (χ1n) is 6.57. The first-order valence-corrected chi connectivity index (χ1v) is 6.57. The van der Waals surface area contributed by atoms with Crippen LogP contribution < -0.4 is 0 Å². The van der Waals surface area contributed by atoms with E-state index >= 15 is 0 Å². The third-order valence-electron chi connectivity index (χ3n) is 3.54. The zero-order chi connectivity index (χ0) is 14.1. The Labute approximate surface area is 116 Å². The highest BCUT2D eigenvalue weighted by Gasteiger charge is 2.35. The second kappa shape index (κ2) is 5.25. The van der Waals surface area contributed by atoms with E-state index in [1.54, 1.807) is 13.1 Å². The van der Waals surface area contributed by atoms with Crippen LogP contribution in [-0.4, -0.2) is 38.6 Å². The molecule has 2 N–H and O–H groups in total. The van der Waals surface area contributed by atoms with Crippen LogP contribution >= 0.6 is 0 Å². The second-order valence-corrected chi connectivity index (χ2v) is 4.81. The molecular formula is C15H16N2O3. The molecule has 3 heterocycles. The Bertz CT molecular complexity index is 683. The number of aromatic nitrogens is 2. The van der Waals surface area contributed by atoms with Crippen molar-refractivity contribution in [2.75, 3.05) is 6.61 Å². The molecule has 104 valence electrons. The van der Waals surface area contributed by atoms with Gasteiger partial charge >= 0.3 is 0 Å². The topological polar surface area (TPSA) is 67.5 Å². The van der Waals surface area contributed by atoms with Gasteiger partial charge < -0.3 is 19.5 Å². The van der Waals surface area contributed by atoms with Gasteiger partial charge in [-0.25, -0.2) is 4.98 Å². The van der Waals surface area contributed by atoms with Crippen molar-refractivity contribution in [3.8, 4) is 11.8 Å². The summed E-state index contributed by atoms with van der Waals surface area (Å²) < 4.78 is 7.57. The van der Waals surface area contributed by atoms with Crippen molar-refractivity contribution in [3.63, 3.8) is 0 Å². The van der Waals surface area contributed by atoms with Gasteiger partial charge in [-0.05, 0) is 19.1 Å². The van der Waals surface area contributed by atoms with Crippen molar-refractivity contribution in [2.24, 2.45) is 0 Å². The predicted octanol–water partition coefficient (Wildman–Crippen LogP) is 1.05. The molecule has 2 aromatic rings. The van der Waals surface area contributed by atoms with Gasteiger partial charge in [0.25, 0.3) is 0 Å². The number of fused-ring (bicyclic) bond motifs is 1. The predicted molar refractivity (Wildman–Crippen MR) is 73.9 cm³/mol. The van der Waals surface area contributed by atoms with Crippen LogP contribution in [0.3, 0.4) is 0 Å². The highest BCUT2D eigenvalue weighted by atomic mass is 16.5. The molecule has 0 unspecified atom stereocenters. The average molecular weight is 272 g/mol. The lowest BCUT2D eigenvalue weighted by atomic mass is 10.2. The molecule has 5 heteroatoms. The molecule has 0 aromatic carbocycles. The molecule has 0 radical (unpaired) electrons. The van der Waals surface area contributed by atoms with E-state index in [4.69, 9.17) is 4.74 Å². The van der Waals surface area contributed by atoms with Crippen LogP contribution in [0.25, 0.3) is 11.0 Å². The van der Waals surface area contributed by atoms with E-state index in [0.29, 0.717) is 6.42 Å². The molecule has 1 aliphatic heterocycles. The van der Waals surface area contributed by atoms with Crippen LogP contribution in [0.15, 0.2) is 24.5 Å². The first kappa shape index (κ1) is 13.1. The van der Waals surface area contributed by atoms with Crippen LogP contribution in [0, 0.1) is 11.8 Å². The molecule has 20 heavy (non-hydrogen) atoms. The Morgan fingerprint density at radius 2 is 2.40 bits per heavy atom. The van der Waals surface area contributed by atoms with E-state index in [2.05, 4.69) is 16.8 Å². The smallest absolute Gasteiger partial charge is 0.143 e. The van der Waals surface area contributed by atoms with Crippen LogP contribution in [0.4, 0.5) is 0 Å². The third-order valence-corrected chi connectivity index (χ3v) is 3.54. The van der Waals surface area contributed by atoms with Crippen molar-refractivity contribution in [3.05, 3.63) is 30.1 Å². The van der Waals surface area contributed by atoms with E-state index in [9.17, 15) is 10.2 Å². The Hall–Kier alpha value is -1.87. The summed E-state index contributed by atoms with van der Waals surface area (Å²) in [5.41, 5.74) is 1.67. The van der Waals surface area contributed by atoms with Gasteiger partial charge in [-0.15, -0.1) is 5.92 Å². The van der Waals surface area contributed by atoms with Crippen LogP contribution in [0.2, 0.25) is 0 Å². The maximum atomic E-state index is 9.86. The minimum absolute atomic E-state index is 0.189. The molecule has 5 nitrogen and oxygen atoms in total. The fraction of sp³-hybridized carbons (Fsp3) is 0.400. The average Bonchev–Trinajstić information content (AvgIpc) is 3.01. The van der Waals surface area contributed by atoms with Crippen LogP contribution in [0.1, 0.15) is 25.1 Å². The lowest BCUT2D eigenvalue weighted by Gasteiger charge is -2.14. The zero-order valence-electron chi connectivity index (χ0n) is 11.2. The van der Waals surface area contributed by atoms with Crippen molar-refractivity contribution in [2.45, 2.75) is 31.8 Å². The van der Waals surface area contributed by atoms with Gasteiger partial charge in [0.15, 0.2) is 0 Å². The summed E-state index contributed by atoms with van der Waals surface area (Å²) in [7, 11) is 0. The summed E-state index contributed by atoms with van der Waals surface area (Å²) in [5, 5.41) is 20.0. The standard InChI is InChI=1S/C15H16N2O3/c1-2-4-10-8-17(15-11(10)5-3-6-16-15)14-7-12(19)13(9-18)20-14/h3,5-6,8,12-14,18-19H,7,9H2,1H3/t12-,13+,14+/m0/s1. The van der Waals surface area contributed by atoms with Crippen molar-refractivity contribution in [1.82, 2.24) is 9.55 Å². The van der Waals surface area contributed by atoms with Gasteiger partial charge in [-0.2, -0.15) is 0 Å². The largest absolute Gasteiger partial charge is 0.394 e. The molecule has 0 saturated carbocycles. The first-order chi connectivity index (χ1) is 9.74. The fourth-order valence-corrected chi connectivity index (χ4v) is 2.59. The number of hydrogen-bond acceptors (Lipinski definition) is 4. The summed E-state index contributed by atoms with van der Waals surface area (Å²) in [6.07, 6.45) is 2.52. The second-order valence-electron chi connectivity index (χ2n) is 4.81. The minimum atomic E-state index is -0.660. The lowest BCUT2D eigenvalue weighted by Crippen LogP contribution is -2.24. The lowest BCUT2D eigenvalue weighted by molar-refractivity contribution is -0.0430. The molecular weight excluding hydrogens is 256 g/mol. The molecule has 3 atom stereocenters. The Morgan fingerprint density at radius 3 is 3.10 bits per heavy atom. The van der Waals surface area contributed by atoms with Crippen molar-refractivity contribution >= 4 is 11.0 Å². The minimum Gasteiger partial charge on any atom is -0.394 e.